The van der Waals surface area contributed by atoms with Gasteiger partial charge < -0.3 is 14.6 Å². The number of aromatic nitrogens is 5. The molecule has 2 aromatic heterocycles. The molecule has 1 N–H and O–H groups in total. The topological polar surface area (TPSA) is 137 Å². The van der Waals surface area contributed by atoms with E-state index in [1.165, 1.54) is 7.05 Å². The second-order valence-corrected chi connectivity index (χ2v) is 7.66. The van der Waals surface area contributed by atoms with E-state index >= 15 is 0 Å². The minimum atomic E-state index is -0.696. The van der Waals surface area contributed by atoms with Gasteiger partial charge in [-0.05, 0) is 18.6 Å². The lowest BCUT2D eigenvalue weighted by atomic mass is 10.2. The fourth-order valence-corrected chi connectivity index (χ4v) is 3.48. The molecule has 12 heteroatoms. The van der Waals surface area contributed by atoms with Gasteiger partial charge in [-0.1, -0.05) is 30.3 Å². The average Bonchev–Trinajstić information content (AvgIpc) is 3.34. The number of carbonyl (C=O) groups is 1. The Bertz CT molecular complexity index is 1230. The Morgan fingerprint density at radius 3 is 2.61 bits per heavy atom. The van der Waals surface area contributed by atoms with E-state index < -0.39 is 17.2 Å². The van der Waals surface area contributed by atoms with Gasteiger partial charge in [0.15, 0.2) is 5.69 Å². The number of hydrogen-bond donors (Lipinski definition) is 1. The molecule has 0 saturated carbocycles. The number of amides is 1. The van der Waals surface area contributed by atoms with Gasteiger partial charge >= 0.3 is 17.5 Å². The van der Waals surface area contributed by atoms with Gasteiger partial charge in [0.2, 0.25) is 5.82 Å². The molecule has 0 radical (unpaired) electrons. The highest BCUT2D eigenvalue weighted by atomic mass is 16.5. The molecule has 12 nitrogen and oxygen atoms in total. The molecule has 0 aliphatic carbocycles. The monoisotopic (exact) mass is 455 g/mol. The summed E-state index contributed by atoms with van der Waals surface area (Å²) in [6.07, 6.45) is 0.716. The van der Waals surface area contributed by atoms with Crippen LogP contribution in [0.15, 0.2) is 44.4 Å². The summed E-state index contributed by atoms with van der Waals surface area (Å²) in [5.41, 5.74) is -1.05. The Hall–Kier alpha value is -3.64. The van der Waals surface area contributed by atoms with E-state index in [2.05, 4.69) is 25.5 Å². The third-order valence-corrected chi connectivity index (χ3v) is 5.42. The summed E-state index contributed by atoms with van der Waals surface area (Å²) in [7, 11) is 1.33. The fourth-order valence-electron chi connectivity index (χ4n) is 3.48. The van der Waals surface area contributed by atoms with Crippen molar-refractivity contribution in [3.8, 4) is 17.2 Å². The number of carbonyl (C=O) groups excluding carboxylic acids is 1. The number of nitrogens with zero attached hydrogens (tertiary/aromatic N) is 6. The molecule has 1 aliphatic rings. The summed E-state index contributed by atoms with van der Waals surface area (Å²) < 4.78 is 12.4. The molecule has 1 fully saturated rings. The molecule has 1 saturated heterocycles. The van der Waals surface area contributed by atoms with E-state index in [-0.39, 0.29) is 23.5 Å². The molecule has 0 bridgehead atoms. The van der Waals surface area contributed by atoms with E-state index in [0.717, 1.165) is 22.3 Å². The van der Waals surface area contributed by atoms with Crippen LogP contribution in [0.2, 0.25) is 0 Å². The van der Waals surface area contributed by atoms with E-state index in [1.807, 2.05) is 6.92 Å². The number of ether oxygens (including phenoxy) is 1. The minimum absolute atomic E-state index is 0.114. The van der Waals surface area contributed by atoms with Crippen LogP contribution in [0.1, 0.15) is 24.0 Å². The lowest BCUT2D eigenvalue weighted by molar-refractivity contribution is 0.0330. The number of rotatable bonds is 7. The van der Waals surface area contributed by atoms with E-state index in [9.17, 15) is 14.4 Å². The summed E-state index contributed by atoms with van der Waals surface area (Å²) in [6.45, 7) is 5.61. The number of hydrogen-bond acceptors (Lipinski definition) is 9. The Kier molecular flexibility index (Phi) is 6.75. The van der Waals surface area contributed by atoms with Crippen LogP contribution in [-0.4, -0.2) is 74.2 Å². The normalized spacial score (nSPS) is 15.3. The molecule has 1 atom stereocenters. The second kappa shape index (κ2) is 9.88. The second-order valence-electron chi connectivity index (χ2n) is 7.66. The molecule has 1 amide bonds. The van der Waals surface area contributed by atoms with Crippen LogP contribution in [0.3, 0.4) is 0 Å². The van der Waals surface area contributed by atoms with Crippen molar-refractivity contribution in [1.29, 1.82) is 0 Å². The van der Waals surface area contributed by atoms with Crippen molar-refractivity contribution >= 4 is 5.91 Å². The van der Waals surface area contributed by atoms with Gasteiger partial charge in [-0.25, -0.2) is 4.79 Å². The summed E-state index contributed by atoms with van der Waals surface area (Å²) in [4.78, 5) is 44.1. The first kappa shape index (κ1) is 22.6. The van der Waals surface area contributed by atoms with Crippen LogP contribution in [0, 0.1) is 0 Å². The lowest BCUT2D eigenvalue weighted by Gasteiger charge is -2.30. The zero-order valence-corrected chi connectivity index (χ0v) is 18.4. The highest BCUT2D eigenvalue weighted by molar-refractivity contribution is 5.90. The van der Waals surface area contributed by atoms with Crippen LogP contribution in [-0.2, 0) is 11.8 Å². The summed E-state index contributed by atoms with van der Waals surface area (Å²) >= 11 is 0. The van der Waals surface area contributed by atoms with Crippen molar-refractivity contribution in [2.24, 2.45) is 7.05 Å². The van der Waals surface area contributed by atoms with Gasteiger partial charge in [0.1, 0.15) is 0 Å². The molecule has 33 heavy (non-hydrogen) atoms. The maximum Gasteiger partial charge on any atom is 0.351 e. The van der Waals surface area contributed by atoms with Crippen molar-refractivity contribution in [3.63, 3.8) is 0 Å². The van der Waals surface area contributed by atoms with Crippen molar-refractivity contribution in [2.45, 2.75) is 19.4 Å². The maximum atomic E-state index is 12.7. The molecule has 1 aromatic carbocycles. The first-order chi connectivity index (χ1) is 16.0. The predicted molar refractivity (Wildman–Crippen MR) is 117 cm³/mol. The number of benzene rings is 1. The van der Waals surface area contributed by atoms with Crippen LogP contribution in [0.4, 0.5) is 0 Å². The summed E-state index contributed by atoms with van der Waals surface area (Å²) in [5, 5.41) is 10.8. The highest BCUT2D eigenvalue weighted by Gasteiger charge is 2.24. The number of para-hydroxylation sites is 1. The van der Waals surface area contributed by atoms with E-state index in [4.69, 9.17) is 9.26 Å². The summed E-state index contributed by atoms with van der Waals surface area (Å²) in [5.74, 6) is -1.000. The molecule has 0 spiro atoms. The van der Waals surface area contributed by atoms with Gasteiger partial charge in [0.25, 0.3) is 5.56 Å². The van der Waals surface area contributed by atoms with Crippen molar-refractivity contribution < 1.29 is 14.1 Å². The maximum absolute atomic E-state index is 12.7. The number of nitrogens with one attached hydrogen (secondary N) is 1. The smallest absolute Gasteiger partial charge is 0.351 e. The SMILES string of the molecule is CCC(CN1CCOCC1)NC(=O)c1nc(-c2nn(-c3ccccc3)c(=O)n(C)c2=O)no1. The van der Waals surface area contributed by atoms with E-state index in [0.29, 0.717) is 31.9 Å². The molecule has 3 aromatic rings. The Morgan fingerprint density at radius 1 is 1.18 bits per heavy atom. The Labute approximate surface area is 188 Å². The van der Waals surface area contributed by atoms with Crippen molar-refractivity contribution in [2.75, 3.05) is 32.8 Å². The minimum Gasteiger partial charge on any atom is -0.379 e. The van der Waals surface area contributed by atoms with Crippen LogP contribution >= 0.6 is 0 Å². The van der Waals surface area contributed by atoms with Gasteiger partial charge in [-0.3, -0.25) is 19.1 Å². The fraction of sp³-hybridized carbons (Fsp3) is 0.429. The Morgan fingerprint density at radius 2 is 1.91 bits per heavy atom. The Balaban J connectivity index is 1.56. The molecular weight excluding hydrogens is 430 g/mol. The van der Waals surface area contributed by atoms with Crippen LogP contribution in [0.5, 0.6) is 0 Å². The van der Waals surface area contributed by atoms with Gasteiger partial charge in [-0.2, -0.15) is 14.8 Å². The third-order valence-electron chi connectivity index (χ3n) is 5.42. The zero-order valence-electron chi connectivity index (χ0n) is 18.4. The van der Waals surface area contributed by atoms with Gasteiger partial charge in [0.05, 0.1) is 18.9 Å². The van der Waals surface area contributed by atoms with Gasteiger partial charge in [0, 0.05) is 32.7 Å². The zero-order chi connectivity index (χ0) is 23.4. The standard InChI is InChI=1S/C21H25N7O5/c1-3-14(13-27-9-11-32-12-10-27)22-18(29)19-23-17(25-33-19)16-20(30)26(2)21(31)28(24-16)15-7-5-4-6-8-15/h4-8,14H,3,9-13H2,1-2H3,(H,22,29). The number of morpholine rings is 1. The quantitative estimate of drug-likeness (QED) is 0.514. The largest absolute Gasteiger partial charge is 0.379 e. The van der Waals surface area contributed by atoms with Crippen molar-refractivity contribution in [3.05, 3.63) is 57.1 Å². The molecule has 3 heterocycles. The van der Waals surface area contributed by atoms with Gasteiger partial charge in [-0.15, -0.1) is 0 Å². The highest BCUT2D eigenvalue weighted by Crippen LogP contribution is 2.10. The average molecular weight is 455 g/mol. The molecule has 1 aliphatic heterocycles. The molecule has 174 valence electrons. The first-order valence-electron chi connectivity index (χ1n) is 10.7. The predicted octanol–water partition coefficient (Wildman–Crippen LogP) is -0.178. The summed E-state index contributed by atoms with van der Waals surface area (Å²) in [6, 6.07) is 8.52. The van der Waals surface area contributed by atoms with E-state index in [1.54, 1.807) is 30.3 Å². The molecule has 1 unspecified atom stereocenters. The van der Waals surface area contributed by atoms with Crippen LogP contribution in [0.25, 0.3) is 17.2 Å². The van der Waals surface area contributed by atoms with Crippen molar-refractivity contribution in [1.82, 2.24) is 34.7 Å². The first-order valence-corrected chi connectivity index (χ1v) is 10.7. The lowest BCUT2D eigenvalue weighted by Crippen LogP contribution is -2.47. The van der Waals surface area contributed by atoms with Crippen LogP contribution < -0.4 is 16.6 Å². The molecule has 4 rings (SSSR count). The molecular formula is C21H25N7O5. The third kappa shape index (κ3) is 4.91.